The van der Waals surface area contributed by atoms with Crippen LogP contribution in [0.2, 0.25) is 0 Å². The van der Waals surface area contributed by atoms with Crippen LogP contribution in [0.25, 0.3) is 0 Å². The summed E-state index contributed by atoms with van der Waals surface area (Å²) in [6.45, 7) is 0.688. The van der Waals surface area contributed by atoms with Crippen LogP contribution in [0, 0.1) is 0 Å². The number of nitrogens with zero attached hydrogens (tertiary/aromatic N) is 2. The molecule has 160 valence electrons. The zero-order valence-corrected chi connectivity index (χ0v) is 18.3. The van der Waals surface area contributed by atoms with Crippen molar-refractivity contribution in [1.82, 2.24) is 9.21 Å². The molecule has 0 spiro atoms. The molecule has 1 atom stereocenters. The molecular formula is C21H24N2O5S2. The first-order valence-corrected chi connectivity index (χ1v) is 13.1. The highest BCUT2D eigenvalue weighted by molar-refractivity contribution is 7.91. The molecule has 0 aromatic heterocycles. The number of carbonyl (C=O) groups excluding carboxylic acids is 1. The minimum atomic E-state index is -3.76. The second kappa shape index (κ2) is 7.79. The Hall–Kier alpha value is -2.23. The van der Waals surface area contributed by atoms with Gasteiger partial charge in [0.2, 0.25) is 10.0 Å². The number of hydrogen-bond donors (Lipinski definition) is 0. The molecule has 2 aromatic rings. The molecule has 7 nitrogen and oxygen atoms in total. The molecule has 9 heteroatoms. The van der Waals surface area contributed by atoms with Crippen LogP contribution in [-0.4, -0.2) is 63.1 Å². The van der Waals surface area contributed by atoms with Crippen LogP contribution in [-0.2, 0) is 32.8 Å². The lowest BCUT2D eigenvalue weighted by Gasteiger charge is -2.28. The third kappa shape index (κ3) is 4.01. The molecule has 1 fully saturated rings. The first-order valence-electron chi connectivity index (χ1n) is 9.82. The van der Waals surface area contributed by atoms with E-state index < -0.39 is 19.9 Å². The number of rotatable bonds is 4. The average molecular weight is 449 g/mol. The van der Waals surface area contributed by atoms with Crippen molar-refractivity contribution in [1.29, 1.82) is 0 Å². The Kier molecular flexibility index (Phi) is 5.46. The molecule has 2 aliphatic rings. The van der Waals surface area contributed by atoms with Gasteiger partial charge in [-0.25, -0.2) is 16.8 Å². The average Bonchev–Trinajstić information content (AvgIpc) is 3.12. The van der Waals surface area contributed by atoms with Crippen molar-refractivity contribution in [2.45, 2.75) is 30.3 Å². The topological polar surface area (TPSA) is 91.8 Å². The van der Waals surface area contributed by atoms with Gasteiger partial charge >= 0.3 is 0 Å². The number of amides is 1. The van der Waals surface area contributed by atoms with E-state index in [4.69, 9.17) is 0 Å². The van der Waals surface area contributed by atoms with Crippen LogP contribution in [0.15, 0.2) is 53.4 Å². The standard InChI is InChI=1S/C21H24N2O5S2/c1-22(19-10-12-29(25,26)15-19)21(24)17-7-4-8-20(13-17)30(27,28)23-11-9-16-5-2-3-6-18(16)14-23/h2-8,13,19H,9-12,14-15H2,1H3/t19-/m0/s1. The van der Waals surface area contributed by atoms with Crippen molar-refractivity contribution in [2.24, 2.45) is 0 Å². The summed E-state index contributed by atoms with van der Waals surface area (Å²) in [7, 11) is -5.31. The molecule has 0 bridgehead atoms. The van der Waals surface area contributed by atoms with Gasteiger partial charge < -0.3 is 4.90 Å². The van der Waals surface area contributed by atoms with Gasteiger partial charge in [-0.1, -0.05) is 30.3 Å². The summed E-state index contributed by atoms with van der Waals surface area (Å²) in [6.07, 6.45) is 1.04. The Bertz CT molecular complexity index is 1190. The second-order valence-corrected chi connectivity index (χ2v) is 12.0. The lowest BCUT2D eigenvalue weighted by Crippen LogP contribution is -2.38. The Morgan fingerprint density at radius 3 is 2.53 bits per heavy atom. The van der Waals surface area contributed by atoms with Crippen molar-refractivity contribution in [3.63, 3.8) is 0 Å². The summed E-state index contributed by atoms with van der Waals surface area (Å²) in [5.41, 5.74) is 2.38. The van der Waals surface area contributed by atoms with Gasteiger partial charge in [-0.15, -0.1) is 0 Å². The van der Waals surface area contributed by atoms with E-state index in [9.17, 15) is 21.6 Å². The molecule has 2 heterocycles. The van der Waals surface area contributed by atoms with Crippen molar-refractivity contribution >= 4 is 25.8 Å². The van der Waals surface area contributed by atoms with Gasteiger partial charge in [-0.05, 0) is 42.2 Å². The van der Waals surface area contributed by atoms with Gasteiger partial charge in [0.25, 0.3) is 5.91 Å². The molecule has 1 amide bonds. The Morgan fingerprint density at radius 1 is 1.10 bits per heavy atom. The fourth-order valence-electron chi connectivity index (χ4n) is 4.06. The van der Waals surface area contributed by atoms with E-state index in [-0.39, 0.29) is 33.9 Å². The summed E-state index contributed by atoms with van der Waals surface area (Å²) in [4.78, 5) is 14.4. The van der Waals surface area contributed by atoms with Crippen LogP contribution in [0.5, 0.6) is 0 Å². The van der Waals surface area contributed by atoms with E-state index in [0.717, 1.165) is 11.1 Å². The highest BCUT2D eigenvalue weighted by Gasteiger charge is 2.34. The summed E-state index contributed by atoms with van der Waals surface area (Å²) in [5.74, 6) is -0.362. The van der Waals surface area contributed by atoms with E-state index in [1.807, 2.05) is 24.3 Å². The van der Waals surface area contributed by atoms with Gasteiger partial charge in [0.1, 0.15) is 0 Å². The quantitative estimate of drug-likeness (QED) is 0.710. The van der Waals surface area contributed by atoms with Gasteiger partial charge in [0, 0.05) is 31.7 Å². The van der Waals surface area contributed by atoms with Crippen molar-refractivity contribution in [3.05, 3.63) is 65.2 Å². The zero-order valence-electron chi connectivity index (χ0n) is 16.7. The van der Waals surface area contributed by atoms with Gasteiger partial charge in [-0.2, -0.15) is 4.31 Å². The fraction of sp³-hybridized carbons (Fsp3) is 0.381. The highest BCUT2D eigenvalue weighted by Crippen LogP contribution is 2.26. The molecule has 4 rings (SSSR count). The number of carbonyl (C=O) groups is 1. The number of sulfonamides is 1. The van der Waals surface area contributed by atoms with Gasteiger partial charge in [0.05, 0.1) is 16.4 Å². The molecule has 2 aliphatic heterocycles. The summed E-state index contributed by atoms with van der Waals surface area (Å²) < 4.78 is 51.3. The van der Waals surface area contributed by atoms with Crippen LogP contribution < -0.4 is 0 Å². The molecule has 0 N–H and O–H groups in total. The van der Waals surface area contributed by atoms with Gasteiger partial charge in [-0.3, -0.25) is 4.79 Å². The van der Waals surface area contributed by atoms with E-state index in [2.05, 4.69) is 0 Å². The van der Waals surface area contributed by atoms with Crippen molar-refractivity contribution in [3.8, 4) is 0 Å². The first-order chi connectivity index (χ1) is 14.2. The van der Waals surface area contributed by atoms with E-state index >= 15 is 0 Å². The first kappa shape index (κ1) is 21.0. The van der Waals surface area contributed by atoms with Crippen molar-refractivity contribution < 1.29 is 21.6 Å². The zero-order chi connectivity index (χ0) is 21.5. The second-order valence-electron chi connectivity index (χ2n) is 7.86. The van der Waals surface area contributed by atoms with E-state index in [1.54, 1.807) is 19.2 Å². The third-order valence-corrected chi connectivity index (χ3v) is 9.48. The summed E-state index contributed by atoms with van der Waals surface area (Å²) >= 11 is 0. The Balaban J connectivity index is 1.56. The lowest BCUT2D eigenvalue weighted by atomic mass is 10.0. The highest BCUT2D eigenvalue weighted by atomic mass is 32.2. The molecule has 0 saturated carbocycles. The molecular weight excluding hydrogens is 424 g/mol. The number of fused-ring (bicyclic) bond motifs is 1. The lowest BCUT2D eigenvalue weighted by molar-refractivity contribution is 0.0747. The molecule has 2 aromatic carbocycles. The predicted octanol–water partition coefficient (Wildman–Crippen LogP) is 1.69. The summed E-state index contributed by atoms with van der Waals surface area (Å²) in [6, 6.07) is 13.4. The maximum atomic E-state index is 13.2. The number of benzene rings is 2. The Morgan fingerprint density at radius 2 is 1.83 bits per heavy atom. The number of hydrogen-bond acceptors (Lipinski definition) is 5. The van der Waals surface area contributed by atoms with E-state index in [0.29, 0.717) is 25.9 Å². The predicted molar refractivity (Wildman–Crippen MR) is 113 cm³/mol. The van der Waals surface area contributed by atoms with Crippen LogP contribution in [0.4, 0.5) is 0 Å². The minimum absolute atomic E-state index is 0.0551. The molecule has 30 heavy (non-hydrogen) atoms. The molecule has 1 saturated heterocycles. The van der Waals surface area contributed by atoms with Crippen LogP contribution in [0.1, 0.15) is 27.9 Å². The molecule has 0 radical (unpaired) electrons. The normalized spacial score (nSPS) is 21.2. The monoisotopic (exact) mass is 448 g/mol. The maximum absolute atomic E-state index is 13.2. The van der Waals surface area contributed by atoms with Crippen molar-refractivity contribution in [2.75, 3.05) is 25.1 Å². The van der Waals surface area contributed by atoms with Crippen LogP contribution >= 0.6 is 0 Å². The third-order valence-electron chi connectivity index (χ3n) is 5.89. The maximum Gasteiger partial charge on any atom is 0.253 e. The molecule has 0 unspecified atom stereocenters. The minimum Gasteiger partial charge on any atom is -0.338 e. The largest absolute Gasteiger partial charge is 0.338 e. The molecule has 0 aliphatic carbocycles. The SMILES string of the molecule is CN(C(=O)c1cccc(S(=O)(=O)N2CCc3ccccc3C2)c1)[C@H]1CCS(=O)(=O)C1. The smallest absolute Gasteiger partial charge is 0.253 e. The van der Waals surface area contributed by atoms with Gasteiger partial charge in [0.15, 0.2) is 9.84 Å². The summed E-state index contributed by atoms with van der Waals surface area (Å²) in [5, 5.41) is 0. The number of sulfone groups is 1. The Labute approximate surface area is 177 Å². The van der Waals surface area contributed by atoms with Crippen LogP contribution in [0.3, 0.4) is 0 Å². The fourth-order valence-corrected chi connectivity index (χ4v) is 7.30. The van der Waals surface area contributed by atoms with E-state index in [1.165, 1.54) is 21.3 Å².